The summed E-state index contributed by atoms with van der Waals surface area (Å²) in [4.78, 5) is 19.8. The zero-order valence-electron chi connectivity index (χ0n) is 11.6. The van der Waals surface area contributed by atoms with E-state index in [0.29, 0.717) is 27.2 Å². The highest BCUT2D eigenvalue weighted by Gasteiger charge is 2.18. The number of hydrogen-bond donors (Lipinski definition) is 3. The lowest BCUT2D eigenvalue weighted by Gasteiger charge is -2.12. The number of hydrogen-bond acceptors (Lipinski definition) is 6. The predicted octanol–water partition coefficient (Wildman–Crippen LogP) is 1.86. The molecule has 0 aliphatic rings. The first-order chi connectivity index (χ1) is 10.4. The fourth-order valence-electron chi connectivity index (χ4n) is 1.87. The molecule has 7 nitrogen and oxygen atoms in total. The van der Waals surface area contributed by atoms with Crippen LogP contribution in [0.25, 0.3) is 0 Å². The summed E-state index contributed by atoms with van der Waals surface area (Å²) in [5, 5.41) is 0.832. The molecule has 0 fully saturated rings. The van der Waals surface area contributed by atoms with Crippen LogP contribution in [0, 0.1) is 6.92 Å². The summed E-state index contributed by atoms with van der Waals surface area (Å²) in [5.41, 5.74) is 8.56. The summed E-state index contributed by atoms with van der Waals surface area (Å²) in [6.07, 6.45) is 0. The molecule has 2 rings (SSSR count). The van der Waals surface area contributed by atoms with E-state index in [-0.39, 0.29) is 18.1 Å². The molecule has 0 saturated heterocycles. The zero-order chi connectivity index (χ0) is 16.3. The standard InChI is InChI=1S/C13H13Cl2N5O2/c1-6-11(12(21)20-17)9(19-13(16)18-6)5-22-10-3-2-7(14)4-8(10)15/h2-4H,5,17H2,1H3,(H,20,21)(H2,16,18,19). The molecule has 0 bridgehead atoms. The number of carbonyl (C=O) groups is 1. The number of carbonyl (C=O) groups excluding carboxylic acids is 1. The Balaban J connectivity index is 2.30. The van der Waals surface area contributed by atoms with Gasteiger partial charge in [-0.25, -0.2) is 15.8 Å². The molecular weight excluding hydrogens is 329 g/mol. The number of nitrogens with two attached hydrogens (primary N) is 2. The molecular formula is C13H13Cl2N5O2. The second-order valence-corrected chi connectivity index (χ2v) is 5.17. The molecule has 1 aromatic carbocycles. The lowest BCUT2D eigenvalue weighted by molar-refractivity contribution is 0.0949. The second kappa shape index (κ2) is 6.78. The number of anilines is 1. The number of rotatable bonds is 4. The third-order valence-electron chi connectivity index (χ3n) is 2.80. The predicted molar refractivity (Wildman–Crippen MR) is 83.6 cm³/mol. The number of benzene rings is 1. The van der Waals surface area contributed by atoms with Crippen LogP contribution in [0.2, 0.25) is 10.0 Å². The summed E-state index contributed by atoms with van der Waals surface area (Å²) in [7, 11) is 0. The van der Waals surface area contributed by atoms with Crippen molar-refractivity contribution in [2.24, 2.45) is 5.84 Å². The molecule has 0 spiro atoms. The third kappa shape index (κ3) is 3.56. The molecule has 9 heteroatoms. The van der Waals surface area contributed by atoms with E-state index in [1.54, 1.807) is 25.1 Å². The van der Waals surface area contributed by atoms with Crippen molar-refractivity contribution in [1.29, 1.82) is 0 Å². The van der Waals surface area contributed by atoms with Gasteiger partial charge in [-0.05, 0) is 25.1 Å². The lowest BCUT2D eigenvalue weighted by Crippen LogP contribution is -2.32. The van der Waals surface area contributed by atoms with E-state index in [4.69, 9.17) is 39.5 Å². The Labute approximate surface area is 136 Å². The molecule has 1 aromatic heterocycles. The SMILES string of the molecule is Cc1nc(N)nc(COc2ccc(Cl)cc2Cl)c1C(=O)NN. The van der Waals surface area contributed by atoms with Gasteiger partial charge in [-0.3, -0.25) is 10.2 Å². The number of aryl methyl sites for hydroxylation is 1. The van der Waals surface area contributed by atoms with Crippen molar-refractivity contribution in [3.05, 3.63) is 45.2 Å². The quantitative estimate of drug-likeness (QED) is 0.444. The number of nitrogens with zero attached hydrogens (tertiary/aromatic N) is 2. The fourth-order valence-corrected chi connectivity index (χ4v) is 2.33. The second-order valence-electron chi connectivity index (χ2n) is 4.33. The molecule has 1 amide bonds. The molecule has 5 N–H and O–H groups in total. The fraction of sp³-hybridized carbons (Fsp3) is 0.154. The van der Waals surface area contributed by atoms with Gasteiger partial charge >= 0.3 is 0 Å². The molecule has 22 heavy (non-hydrogen) atoms. The van der Waals surface area contributed by atoms with Crippen molar-refractivity contribution >= 4 is 35.1 Å². The Hall–Kier alpha value is -2.09. The number of ether oxygens (including phenoxy) is 1. The topological polar surface area (TPSA) is 116 Å². The Bertz CT molecular complexity index is 724. The summed E-state index contributed by atoms with van der Waals surface area (Å²) in [6.45, 7) is 1.60. The maximum atomic E-state index is 11.8. The van der Waals surface area contributed by atoms with Crippen LogP contribution >= 0.6 is 23.2 Å². The highest BCUT2D eigenvalue weighted by molar-refractivity contribution is 6.35. The van der Waals surface area contributed by atoms with E-state index in [2.05, 4.69) is 9.97 Å². The van der Waals surface area contributed by atoms with Crippen molar-refractivity contribution in [1.82, 2.24) is 15.4 Å². The largest absolute Gasteiger partial charge is 0.486 e. The molecule has 0 aliphatic heterocycles. The van der Waals surface area contributed by atoms with Crippen LogP contribution in [0.15, 0.2) is 18.2 Å². The van der Waals surface area contributed by atoms with Gasteiger partial charge in [-0.15, -0.1) is 0 Å². The summed E-state index contributed by atoms with van der Waals surface area (Å²) in [5.74, 6) is 5.07. The number of nitrogen functional groups attached to an aromatic ring is 2. The van der Waals surface area contributed by atoms with Crippen molar-refractivity contribution in [3.63, 3.8) is 0 Å². The van der Waals surface area contributed by atoms with Gasteiger partial charge in [0.2, 0.25) is 5.95 Å². The monoisotopic (exact) mass is 341 g/mol. The van der Waals surface area contributed by atoms with Crippen LogP contribution in [-0.2, 0) is 6.61 Å². The maximum Gasteiger partial charge on any atom is 0.269 e. The Kier molecular flexibility index (Phi) is 5.02. The number of hydrazine groups is 1. The molecule has 2 aromatic rings. The van der Waals surface area contributed by atoms with Gasteiger partial charge in [0.1, 0.15) is 12.4 Å². The Morgan fingerprint density at radius 3 is 2.73 bits per heavy atom. The smallest absolute Gasteiger partial charge is 0.269 e. The van der Waals surface area contributed by atoms with E-state index in [9.17, 15) is 4.79 Å². The van der Waals surface area contributed by atoms with Gasteiger partial charge < -0.3 is 10.5 Å². The normalized spacial score (nSPS) is 10.4. The summed E-state index contributed by atoms with van der Waals surface area (Å²) >= 11 is 11.8. The minimum absolute atomic E-state index is 0.0301. The van der Waals surface area contributed by atoms with Gasteiger partial charge in [-0.1, -0.05) is 23.2 Å². The first-order valence-electron chi connectivity index (χ1n) is 6.14. The van der Waals surface area contributed by atoms with Gasteiger partial charge in [0.25, 0.3) is 5.91 Å². The number of aromatic nitrogens is 2. The van der Waals surface area contributed by atoms with Crippen LogP contribution in [0.1, 0.15) is 21.7 Å². The molecule has 0 radical (unpaired) electrons. The van der Waals surface area contributed by atoms with E-state index in [1.807, 2.05) is 5.43 Å². The van der Waals surface area contributed by atoms with Crippen LogP contribution in [0.5, 0.6) is 5.75 Å². The van der Waals surface area contributed by atoms with Crippen molar-refractivity contribution in [2.75, 3.05) is 5.73 Å². The molecule has 1 heterocycles. The van der Waals surface area contributed by atoms with Gasteiger partial charge in [0.15, 0.2) is 0 Å². The molecule has 0 aliphatic carbocycles. The number of halogens is 2. The highest BCUT2D eigenvalue weighted by atomic mass is 35.5. The molecule has 0 saturated carbocycles. The van der Waals surface area contributed by atoms with Gasteiger partial charge in [0, 0.05) is 5.02 Å². The average molecular weight is 342 g/mol. The van der Waals surface area contributed by atoms with Crippen molar-refractivity contribution in [3.8, 4) is 5.75 Å². The summed E-state index contributed by atoms with van der Waals surface area (Å²) < 4.78 is 5.57. The van der Waals surface area contributed by atoms with Crippen LogP contribution < -0.4 is 21.7 Å². The first-order valence-corrected chi connectivity index (χ1v) is 6.89. The lowest BCUT2D eigenvalue weighted by atomic mass is 10.1. The van der Waals surface area contributed by atoms with E-state index in [0.717, 1.165) is 0 Å². The molecule has 0 unspecified atom stereocenters. The molecule has 0 atom stereocenters. The summed E-state index contributed by atoms with van der Waals surface area (Å²) in [6, 6.07) is 4.80. The minimum atomic E-state index is -0.529. The first kappa shape index (κ1) is 16.3. The maximum absolute atomic E-state index is 11.8. The van der Waals surface area contributed by atoms with Gasteiger partial charge in [0.05, 0.1) is 22.0 Å². The third-order valence-corrected chi connectivity index (χ3v) is 3.33. The zero-order valence-corrected chi connectivity index (χ0v) is 13.1. The van der Waals surface area contributed by atoms with E-state index in [1.165, 1.54) is 0 Å². The minimum Gasteiger partial charge on any atom is -0.486 e. The van der Waals surface area contributed by atoms with Gasteiger partial charge in [-0.2, -0.15) is 0 Å². The number of amides is 1. The number of nitrogens with one attached hydrogen (secondary N) is 1. The van der Waals surface area contributed by atoms with E-state index < -0.39 is 5.91 Å². The van der Waals surface area contributed by atoms with Crippen LogP contribution in [0.3, 0.4) is 0 Å². The Morgan fingerprint density at radius 1 is 1.36 bits per heavy atom. The highest BCUT2D eigenvalue weighted by Crippen LogP contribution is 2.28. The van der Waals surface area contributed by atoms with Crippen molar-refractivity contribution < 1.29 is 9.53 Å². The average Bonchev–Trinajstić information content (AvgIpc) is 2.45. The Morgan fingerprint density at radius 2 is 2.09 bits per heavy atom. The van der Waals surface area contributed by atoms with Crippen molar-refractivity contribution in [2.45, 2.75) is 13.5 Å². The van der Waals surface area contributed by atoms with Crippen LogP contribution in [-0.4, -0.2) is 15.9 Å². The van der Waals surface area contributed by atoms with E-state index >= 15 is 0 Å². The molecule has 116 valence electrons. The van der Waals surface area contributed by atoms with Crippen LogP contribution in [0.4, 0.5) is 5.95 Å².